The fourth-order valence-corrected chi connectivity index (χ4v) is 2.25. The highest BCUT2D eigenvalue weighted by Crippen LogP contribution is 2.31. The second-order valence-corrected chi connectivity index (χ2v) is 4.06. The SMILES string of the molecule is CC1CC(n2cccc2C(=O)O)C(C)O1. The first-order chi connectivity index (χ1) is 7.09. The molecule has 0 aromatic carbocycles. The lowest BCUT2D eigenvalue weighted by atomic mass is 10.1. The number of ether oxygens (including phenoxy) is 1. The number of rotatable bonds is 2. The summed E-state index contributed by atoms with van der Waals surface area (Å²) in [5, 5.41) is 9.01. The van der Waals surface area contributed by atoms with Crippen LogP contribution in [0.4, 0.5) is 0 Å². The van der Waals surface area contributed by atoms with Crippen LogP contribution in [0.5, 0.6) is 0 Å². The summed E-state index contributed by atoms with van der Waals surface area (Å²) in [5.41, 5.74) is 0.338. The van der Waals surface area contributed by atoms with E-state index in [2.05, 4.69) is 0 Å². The molecule has 0 aliphatic carbocycles. The smallest absolute Gasteiger partial charge is 0.352 e. The zero-order chi connectivity index (χ0) is 11.0. The zero-order valence-electron chi connectivity index (χ0n) is 8.88. The highest BCUT2D eigenvalue weighted by atomic mass is 16.5. The molecule has 2 rings (SSSR count). The summed E-state index contributed by atoms with van der Waals surface area (Å²) in [7, 11) is 0. The lowest BCUT2D eigenvalue weighted by molar-refractivity contribution is 0.0558. The van der Waals surface area contributed by atoms with Gasteiger partial charge in [0.1, 0.15) is 5.69 Å². The van der Waals surface area contributed by atoms with Crippen molar-refractivity contribution >= 4 is 5.97 Å². The summed E-state index contributed by atoms with van der Waals surface area (Å²) >= 11 is 0. The first-order valence-electron chi connectivity index (χ1n) is 5.15. The van der Waals surface area contributed by atoms with Gasteiger partial charge in [-0.3, -0.25) is 0 Å². The maximum absolute atomic E-state index is 11.0. The van der Waals surface area contributed by atoms with Crippen LogP contribution in [0.3, 0.4) is 0 Å². The number of carboxylic acids is 1. The molecule has 4 heteroatoms. The van der Waals surface area contributed by atoms with Crippen molar-refractivity contribution in [3.63, 3.8) is 0 Å². The molecular formula is C11H15NO3. The highest BCUT2D eigenvalue weighted by Gasteiger charge is 2.32. The quantitative estimate of drug-likeness (QED) is 0.809. The van der Waals surface area contributed by atoms with E-state index in [4.69, 9.17) is 9.84 Å². The monoisotopic (exact) mass is 209 g/mol. The van der Waals surface area contributed by atoms with Gasteiger partial charge in [-0.15, -0.1) is 0 Å². The van der Waals surface area contributed by atoms with Crippen molar-refractivity contribution in [1.82, 2.24) is 4.57 Å². The van der Waals surface area contributed by atoms with Crippen molar-refractivity contribution in [2.75, 3.05) is 0 Å². The minimum absolute atomic E-state index is 0.0745. The lowest BCUT2D eigenvalue weighted by Gasteiger charge is -2.17. The minimum Gasteiger partial charge on any atom is -0.477 e. The van der Waals surface area contributed by atoms with Crippen LogP contribution < -0.4 is 0 Å². The summed E-state index contributed by atoms with van der Waals surface area (Å²) in [5.74, 6) is -0.883. The van der Waals surface area contributed by atoms with Crippen LogP contribution in [-0.2, 0) is 4.74 Å². The minimum atomic E-state index is -0.883. The summed E-state index contributed by atoms with van der Waals surface area (Å²) in [6.45, 7) is 4.00. The van der Waals surface area contributed by atoms with Crippen molar-refractivity contribution in [3.05, 3.63) is 24.0 Å². The topological polar surface area (TPSA) is 51.5 Å². The number of aromatic nitrogens is 1. The Morgan fingerprint density at radius 3 is 2.87 bits per heavy atom. The van der Waals surface area contributed by atoms with Crippen molar-refractivity contribution in [3.8, 4) is 0 Å². The molecule has 3 unspecified atom stereocenters. The average molecular weight is 209 g/mol. The van der Waals surface area contributed by atoms with Gasteiger partial charge in [-0.1, -0.05) is 0 Å². The molecule has 82 valence electrons. The molecule has 0 bridgehead atoms. The lowest BCUT2D eigenvalue weighted by Crippen LogP contribution is -2.19. The maximum Gasteiger partial charge on any atom is 0.352 e. The molecule has 3 atom stereocenters. The van der Waals surface area contributed by atoms with E-state index >= 15 is 0 Å². The Labute approximate surface area is 88.5 Å². The fourth-order valence-electron chi connectivity index (χ4n) is 2.25. The summed E-state index contributed by atoms with van der Waals surface area (Å²) in [4.78, 5) is 11.0. The normalized spacial score (nSPS) is 30.7. The van der Waals surface area contributed by atoms with E-state index < -0.39 is 5.97 Å². The van der Waals surface area contributed by atoms with E-state index in [9.17, 15) is 4.79 Å². The van der Waals surface area contributed by atoms with Crippen LogP contribution in [0.25, 0.3) is 0 Å². The third kappa shape index (κ3) is 1.77. The molecule has 0 spiro atoms. The van der Waals surface area contributed by atoms with Gasteiger partial charge in [0.25, 0.3) is 0 Å². The van der Waals surface area contributed by atoms with Crippen molar-refractivity contribution in [1.29, 1.82) is 0 Å². The average Bonchev–Trinajstić information content (AvgIpc) is 2.71. The fraction of sp³-hybridized carbons (Fsp3) is 0.545. The Morgan fingerprint density at radius 2 is 2.33 bits per heavy atom. The number of carboxylic acid groups (broad SMARTS) is 1. The van der Waals surface area contributed by atoms with E-state index in [1.54, 1.807) is 16.7 Å². The Balaban J connectivity index is 2.29. The molecule has 1 aliphatic rings. The number of hydrogen-bond donors (Lipinski definition) is 1. The Morgan fingerprint density at radius 1 is 1.60 bits per heavy atom. The first-order valence-corrected chi connectivity index (χ1v) is 5.15. The molecule has 1 fully saturated rings. The molecule has 0 saturated carbocycles. The van der Waals surface area contributed by atoms with E-state index in [1.165, 1.54) is 0 Å². The van der Waals surface area contributed by atoms with Crippen LogP contribution in [-0.4, -0.2) is 27.9 Å². The second-order valence-electron chi connectivity index (χ2n) is 4.06. The van der Waals surface area contributed by atoms with Gasteiger partial charge in [0.15, 0.2) is 0 Å². The number of hydrogen-bond acceptors (Lipinski definition) is 2. The summed E-state index contributed by atoms with van der Waals surface area (Å²) < 4.78 is 7.42. The maximum atomic E-state index is 11.0. The van der Waals surface area contributed by atoms with Gasteiger partial charge in [0, 0.05) is 6.20 Å². The van der Waals surface area contributed by atoms with Crippen LogP contribution in [0, 0.1) is 0 Å². The number of nitrogens with zero attached hydrogens (tertiary/aromatic N) is 1. The van der Waals surface area contributed by atoms with Gasteiger partial charge in [-0.2, -0.15) is 0 Å². The molecule has 1 saturated heterocycles. The second kappa shape index (κ2) is 3.70. The zero-order valence-corrected chi connectivity index (χ0v) is 8.88. The van der Waals surface area contributed by atoms with Gasteiger partial charge >= 0.3 is 5.97 Å². The predicted octanol–water partition coefficient (Wildman–Crippen LogP) is 1.92. The highest BCUT2D eigenvalue weighted by molar-refractivity contribution is 5.85. The van der Waals surface area contributed by atoms with Gasteiger partial charge in [-0.25, -0.2) is 4.79 Å². The first kappa shape index (κ1) is 10.2. The van der Waals surface area contributed by atoms with Crippen LogP contribution in [0.15, 0.2) is 18.3 Å². The number of carbonyl (C=O) groups is 1. The van der Waals surface area contributed by atoms with E-state index in [-0.39, 0.29) is 18.2 Å². The standard InChI is InChI=1S/C11H15NO3/c1-7-6-10(8(2)15-7)12-5-3-4-9(12)11(13)14/h3-5,7-8,10H,6H2,1-2H3,(H,13,14). The summed E-state index contributed by atoms with van der Waals surface area (Å²) in [6, 6.07) is 3.53. The summed E-state index contributed by atoms with van der Waals surface area (Å²) in [6.07, 6.45) is 2.96. The molecule has 0 radical (unpaired) electrons. The molecule has 1 aliphatic heterocycles. The third-order valence-corrected chi connectivity index (χ3v) is 2.92. The van der Waals surface area contributed by atoms with Gasteiger partial charge in [-0.05, 0) is 32.4 Å². The molecule has 2 heterocycles. The Bertz CT molecular complexity index is 372. The number of aromatic carboxylic acids is 1. The Kier molecular flexibility index (Phi) is 2.52. The van der Waals surface area contributed by atoms with E-state index in [1.807, 2.05) is 20.0 Å². The Hall–Kier alpha value is -1.29. The molecule has 1 aromatic rings. The van der Waals surface area contributed by atoms with Gasteiger partial charge < -0.3 is 14.4 Å². The molecule has 4 nitrogen and oxygen atoms in total. The molecule has 15 heavy (non-hydrogen) atoms. The van der Waals surface area contributed by atoms with Crippen molar-refractivity contribution < 1.29 is 14.6 Å². The van der Waals surface area contributed by atoms with Crippen molar-refractivity contribution in [2.24, 2.45) is 0 Å². The third-order valence-electron chi connectivity index (χ3n) is 2.92. The van der Waals surface area contributed by atoms with Crippen LogP contribution >= 0.6 is 0 Å². The largest absolute Gasteiger partial charge is 0.477 e. The van der Waals surface area contributed by atoms with Crippen molar-refractivity contribution in [2.45, 2.75) is 38.5 Å². The van der Waals surface area contributed by atoms with Crippen LogP contribution in [0.2, 0.25) is 0 Å². The molecule has 1 aromatic heterocycles. The molecular weight excluding hydrogens is 194 g/mol. The molecule has 1 N–H and O–H groups in total. The van der Waals surface area contributed by atoms with E-state index in [0.29, 0.717) is 5.69 Å². The van der Waals surface area contributed by atoms with Crippen LogP contribution in [0.1, 0.15) is 36.8 Å². The molecule has 0 amide bonds. The van der Waals surface area contributed by atoms with E-state index in [0.717, 1.165) is 6.42 Å². The van der Waals surface area contributed by atoms with Gasteiger partial charge in [0.05, 0.1) is 18.2 Å². The van der Waals surface area contributed by atoms with Gasteiger partial charge in [0.2, 0.25) is 0 Å². The predicted molar refractivity (Wildman–Crippen MR) is 55.1 cm³/mol.